The van der Waals surface area contributed by atoms with Crippen LogP contribution < -0.4 is 15.5 Å². The molecule has 6 heteroatoms. The summed E-state index contributed by atoms with van der Waals surface area (Å²) in [5.41, 5.74) is 1.40. The van der Waals surface area contributed by atoms with Gasteiger partial charge in [-0.1, -0.05) is 25.3 Å². The van der Waals surface area contributed by atoms with Crippen molar-refractivity contribution in [2.45, 2.75) is 32.1 Å². The highest BCUT2D eigenvalue weighted by Crippen LogP contribution is 2.24. The quantitative estimate of drug-likeness (QED) is 0.894. The summed E-state index contributed by atoms with van der Waals surface area (Å²) in [5, 5.41) is 5.77. The second kappa shape index (κ2) is 7.35. The maximum atomic E-state index is 12.0. The van der Waals surface area contributed by atoms with E-state index in [9.17, 15) is 9.59 Å². The number of ether oxygens (including phenoxy) is 1. The van der Waals surface area contributed by atoms with Gasteiger partial charge in [0.15, 0.2) is 0 Å². The lowest BCUT2D eigenvalue weighted by Gasteiger charge is -2.21. The molecule has 1 saturated heterocycles. The van der Waals surface area contributed by atoms with Crippen LogP contribution in [0.3, 0.4) is 0 Å². The molecule has 0 atom stereocenters. The number of hydrogen-bond acceptors (Lipinski definition) is 3. The first kappa shape index (κ1) is 15.6. The lowest BCUT2D eigenvalue weighted by atomic mass is 9.89. The molecule has 0 bridgehead atoms. The number of hydrogen-bond donors (Lipinski definition) is 2. The first-order valence-corrected chi connectivity index (χ1v) is 8.31. The van der Waals surface area contributed by atoms with Gasteiger partial charge in [-0.3, -0.25) is 4.90 Å². The molecule has 1 aromatic carbocycles. The molecule has 1 aromatic rings. The summed E-state index contributed by atoms with van der Waals surface area (Å²) in [6.45, 7) is 1.67. The van der Waals surface area contributed by atoms with Gasteiger partial charge in [-0.2, -0.15) is 0 Å². The number of cyclic esters (lactones) is 1. The van der Waals surface area contributed by atoms with Gasteiger partial charge in [0.2, 0.25) is 0 Å². The van der Waals surface area contributed by atoms with Crippen LogP contribution in [0.5, 0.6) is 0 Å². The number of benzene rings is 1. The van der Waals surface area contributed by atoms with Gasteiger partial charge >= 0.3 is 12.1 Å². The number of carbonyl (C=O) groups excluding carboxylic acids is 2. The van der Waals surface area contributed by atoms with E-state index in [1.807, 2.05) is 18.2 Å². The van der Waals surface area contributed by atoms with Crippen LogP contribution >= 0.6 is 0 Å². The third kappa shape index (κ3) is 4.15. The Morgan fingerprint density at radius 2 is 2.09 bits per heavy atom. The standard InChI is InChI=1S/C17H23N3O3/c21-16(18-12-13-5-2-1-3-6-13)19-14-7-4-8-15(11-14)20-9-10-23-17(20)22/h4,7-8,11,13H,1-3,5-6,9-10,12H2,(H2,18,19,21). The minimum absolute atomic E-state index is 0.197. The summed E-state index contributed by atoms with van der Waals surface area (Å²) < 4.78 is 4.93. The Labute approximate surface area is 136 Å². The molecule has 2 fully saturated rings. The van der Waals surface area contributed by atoms with Crippen LogP contribution in [-0.4, -0.2) is 31.8 Å². The molecule has 23 heavy (non-hydrogen) atoms. The zero-order chi connectivity index (χ0) is 16.1. The van der Waals surface area contributed by atoms with Gasteiger partial charge in [0.25, 0.3) is 0 Å². The van der Waals surface area contributed by atoms with Crippen molar-refractivity contribution < 1.29 is 14.3 Å². The van der Waals surface area contributed by atoms with Gasteiger partial charge in [0.05, 0.1) is 6.54 Å². The van der Waals surface area contributed by atoms with Gasteiger partial charge < -0.3 is 15.4 Å². The van der Waals surface area contributed by atoms with Gasteiger partial charge in [-0.15, -0.1) is 0 Å². The van der Waals surface area contributed by atoms with E-state index < -0.39 is 0 Å². The molecule has 1 heterocycles. The SMILES string of the molecule is O=C(NCC1CCCCC1)Nc1cccc(N2CCOC2=O)c1. The second-order valence-electron chi connectivity index (χ2n) is 6.16. The maximum absolute atomic E-state index is 12.0. The number of urea groups is 1. The zero-order valence-corrected chi connectivity index (χ0v) is 13.2. The third-order valence-electron chi connectivity index (χ3n) is 4.45. The van der Waals surface area contributed by atoms with Gasteiger partial charge in [-0.05, 0) is 37.0 Å². The number of carbonyl (C=O) groups is 2. The van der Waals surface area contributed by atoms with E-state index in [0.717, 1.165) is 12.2 Å². The molecular formula is C17H23N3O3. The number of amides is 3. The van der Waals surface area contributed by atoms with E-state index >= 15 is 0 Å². The van der Waals surface area contributed by atoms with Gasteiger partial charge in [-0.25, -0.2) is 9.59 Å². The number of nitrogens with zero attached hydrogens (tertiary/aromatic N) is 1. The zero-order valence-electron chi connectivity index (χ0n) is 13.2. The summed E-state index contributed by atoms with van der Waals surface area (Å²) >= 11 is 0. The molecule has 0 radical (unpaired) electrons. The normalized spacial score (nSPS) is 18.6. The average Bonchev–Trinajstić information content (AvgIpc) is 3.00. The molecule has 0 spiro atoms. The Morgan fingerprint density at radius 3 is 2.83 bits per heavy atom. The van der Waals surface area contributed by atoms with Crippen molar-refractivity contribution in [2.24, 2.45) is 5.92 Å². The van der Waals surface area contributed by atoms with E-state index in [4.69, 9.17) is 4.74 Å². The van der Waals surface area contributed by atoms with E-state index in [1.165, 1.54) is 32.1 Å². The molecule has 0 aromatic heterocycles. The predicted molar refractivity (Wildman–Crippen MR) is 88.7 cm³/mol. The first-order valence-electron chi connectivity index (χ1n) is 8.31. The molecule has 6 nitrogen and oxygen atoms in total. The largest absolute Gasteiger partial charge is 0.447 e. The molecular weight excluding hydrogens is 294 g/mol. The monoisotopic (exact) mass is 317 g/mol. The fourth-order valence-electron chi connectivity index (χ4n) is 3.18. The van der Waals surface area contributed by atoms with Crippen LogP contribution in [0.2, 0.25) is 0 Å². The average molecular weight is 317 g/mol. The smallest absolute Gasteiger partial charge is 0.414 e. The number of nitrogens with one attached hydrogen (secondary N) is 2. The topological polar surface area (TPSA) is 70.7 Å². The Bertz CT molecular complexity index is 570. The van der Waals surface area contributed by atoms with E-state index in [-0.39, 0.29) is 12.1 Å². The molecule has 1 aliphatic carbocycles. The van der Waals surface area contributed by atoms with Crippen molar-refractivity contribution in [3.05, 3.63) is 24.3 Å². The number of rotatable bonds is 4. The summed E-state index contributed by atoms with van der Waals surface area (Å²) in [5.74, 6) is 0.597. The molecule has 3 rings (SSSR count). The molecule has 1 saturated carbocycles. The lowest BCUT2D eigenvalue weighted by molar-refractivity contribution is 0.181. The molecule has 2 aliphatic rings. The van der Waals surface area contributed by atoms with Crippen LogP contribution in [0.1, 0.15) is 32.1 Å². The molecule has 3 amide bonds. The van der Waals surface area contributed by atoms with Crippen molar-refractivity contribution in [3.8, 4) is 0 Å². The van der Waals surface area contributed by atoms with Gasteiger partial charge in [0, 0.05) is 17.9 Å². The summed E-state index contributed by atoms with van der Waals surface area (Å²) in [6, 6.07) is 7.05. The van der Waals surface area contributed by atoms with Crippen LogP contribution in [0.25, 0.3) is 0 Å². The predicted octanol–water partition coefficient (Wildman–Crippen LogP) is 3.35. The summed E-state index contributed by atoms with van der Waals surface area (Å²) in [7, 11) is 0. The minimum atomic E-state index is -0.344. The Kier molecular flexibility index (Phi) is 5.00. The van der Waals surface area contributed by atoms with Crippen molar-refractivity contribution in [1.82, 2.24) is 5.32 Å². The van der Waals surface area contributed by atoms with Crippen molar-refractivity contribution in [2.75, 3.05) is 29.9 Å². The van der Waals surface area contributed by atoms with Crippen LogP contribution in [0, 0.1) is 5.92 Å². The molecule has 1 aliphatic heterocycles. The fraction of sp³-hybridized carbons (Fsp3) is 0.529. The van der Waals surface area contributed by atoms with E-state index in [1.54, 1.807) is 11.0 Å². The Hall–Kier alpha value is -2.24. The van der Waals surface area contributed by atoms with Crippen molar-refractivity contribution >= 4 is 23.5 Å². The van der Waals surface area contributed by atoms with Crippen molar-refractivity contribution in [3.63, 3.8) is 0 Å². The van der Waals surface area contributed by atoms with Gasteiger partial charge in [0.1, 0.15) is 6.61 Å². The fourth-order valence-corrected chi connectivity index (χ4v) is 3.18. The highest BCUT2D eigenvalue weighted by atomic mass is 16.6. The highest BCUT2D eigenvalue weighted by molar-refractivity contribution is 5.93. The van der Waals surface area contributed by atoms with Crippen LogP contribution in [0.4, 0.5) is 21.0 Å². The highest BCUT2D eigenvalue weighted by Gasteiger charge is 2.23. The van der Waals surface area contributed by atoms with E-state index in [0.29, 0.717) is 24.8 Å². The summed E-state index contributed by atoms with van der Waals surface area (Å²) in [6.07, 6.45) is 5.90. The molecule has 2 N–H and O–H groups in total. The number of anilines is 2. The van der Waals surface area contributed by atoms with Crippen LogP contribution in [0.15, 0.2) is 24.3 Å². The third-order valence-corrected chi connectivity index (χ3v) is 4.45. The lowest BCUT2D eigenvalue weighted by Crippen LogP contribution is -2.33. The maximum Gasteiger partial charge on any atom is 0.414 e. The second-order valence-corrected chi connectivity index (χ2v) is 6.16. The van der Waals surface area contributed by atoms with Crippen molar-refractivity contribution in [1.29, 1.82) is 0 Å². The minimum Gasteiger partial charge on any atom is -0.447 e. The first-order chi connectivity index (χ1) is 11.2. The summed E-state index contributed by atoms with van der Waals surface area (Å²) in [4.78, 5) is 25.2. The Balaban J connectivity index is 1.52. The molecule has 124 valence electrons. The Morgan fingerprint density at radius 1 is 1.26 bits per heavy atom. The van der Waals surface area contributed by atoms with Crippen LogP contribution in [-0.2, 0) is 4.74 Å². The molecule has 0 unspecified atom stereocenters. The van der Waals surface area contributed by atoms with E-state index in [2.05, 4.69) is 10.6 Å².